The number of carbonyl (C=O) groups is 2. The molecule has 1 fully saturated rings. The minimum atomic E-state index is -0.406. The summed E-state index contributed by atoms with van der Waals surface area (Å²) in [7, 11) is 0. The third-order valence-corrected chi connectivity index (χ3v) is 7.14. The summed E-state index contributed by atoms with van der Waals surface area (Å²) in [6.45, 7) is 7.16. The van der Waals surface area contributed by atoms with Gasteiger partial charge >= 0.3 is 11.9 Å². The van der Waals surface area contributed by atoms with E-state index in [1.54, 1.807) is 6.08 Å². The van der Waals surface area contributed by atoms with Crippen LogP contribution in [0, 0.1) is 16.7 Å². The Bertz CT molecular complexity index is 673. The van der Waals surface area contributed by atoms with E-state index in [-0.39, 0.29) is 23.5 Å². The van der Waals surface area contributed by atoms with Gasteiger partial charge in [-0.2, -0.15) is 0 Å². The van der Waals surface area contributed by atoms with E-state index in [1.165, 1.54) is 11.1 Å². The topological polar surface area (TPSA) is 52.6 Å². The van der Waals surface area contributed by atoms with Gasteiger partial charge in [0.25, 0.3) is 0 Å². The molecule has 4 nitrogen and oxygen atoms in total. The molecule has 5 aliphatic rings. The van der Waals surface area contributed by atoms with Crippen molar-refractivity contribution < 1.29 is 19.1 Å². The van der Waals surface area contributed by atoms with Crippen molar-refractivity contribution >= 4 is 11.9 Å². The predicted octanol–water partition coefficient (Wildman–Crippen LogP) is 3.71. The van der Waals surface area contributed by atoms with Crippen LogP contribution in [-0.4, -0.2) is 24.6 Å². The zero-order valence-electron chi connectivity index (χ0n) is 14.8. The van der Waals surface area contributed by atoms with Gasteiger partial charge in [-0.15, -0.1) is 0 Å². The van der Waals surface area contributed by atoms with Crippen LogP contribution in [0.4, 0.5) is 0 Å². The van der Waals surface area contributed by atoms with Gasteiger partial charge in [-0.05, 0) is 73.5 Å². The predicted molar refractivity (Wildman–Crippen MR) is 89.0 cm³/mol. The lowest BCUT2D eigenvalue weighted by Crippen LogP contribution is -2.53. The Hall–Kier alpha value is -1.58. The highest BCUT2D eigenvalue weighted by Crippen LogP contribution is 2.60. The molecule has 2 aliphatic carbocycles. The van der Waals surface area contributed by atoms with Crippen molar-refractivity contribution in [3.05, 3.63) is 22.8 Å². The van der Waals surface area contributed by atoms with Crippen molar-refractivity contribution in [2.45, 2.75) is 65.4 Å². The molecule has 130 valence electrons. The second kappa shape index (κ2) is 5.21. The third kappa shape index (κ3) is 2.11. The molecule has 4 heteroatoms. The maximum absolute atomic E-state index is 12.4. The molecule has 24 heavy (non-hydrogen) atoms. The molecule has 0 radical (unpaired) electrons. The van der Waals surface area contributed by atoms with Crippen LogP contribution >= 0.6 is 0 Å². The van der Waals surface area contributed by atoms with E-state index in [9.17, 15) is 9.59 Å². The van der Waals surface area contributed by atoms with Gasteiger partial charge in [0.05, 0.1) is 5.41 Å². The highest BCUT2D eigenvalue weighted by atomic mass is 16.5. The lowest BCUT2D eigenvalue weighted by atomic mass is 9.53. The van der Waals surface area contributed by atoms with Crippen LogP contribution in [0.3, 0.4) is 0 Å². The first-order valence-electron chi connectivity index (χ1n) is 9.16. The molecule has 0 amide bonds. The molecule has 0 saturated carbocycles. The summed E-state index contributed by atoms with van der Waals surface area (Å²) in [5.74, 6) is 0.313. The fourth-order valence-corrected chi connectivity index (χ4v) is 5.24. The molecule has 1 saturated heterocycles. The van der Waals surface area contributed by atoms with E-state index in [1.807, 2.05) is 0 Å². The normalized spacial score (nSPS) is 41.0. The smallest absolute Gasteiger partial charge is 0.331 e. The van der Waals surface area contributed by atoms with Gasteiger partial charge in [-0.1, -0.05) is 13.8 Å². The number of ether oxygens (including phenoxy) is 2. The summed E-state index contributed by atoms with van der Waals surface area (Å²) in [4.78, 5) is 23.7. The highest BCUT2D eigenvalue weighted by molar-refractivity contribution is 5.85. The van der Waals surface area contributed by atoms with Crippen LogP contribution in [0.5, 0.6) is 0 Å². The molecule has 0 unspecified atom stereocenters. The van der Waals surface area contributed by atoms with Gasteiger partial charge in [0.15, 0.2) is 0 Å². The van der Waals surface area contributed by atoms with Gasteiger partial charge in [0, 0.05) is 6.08 Å². The SMILES string of the molecule is C[C@@H]1CCC2=C([C@H]3CC[C@]2(C)C(=O)O3)[C@@]1(C)CCC1=CC(=O)OC1. The molecule has 3 heterocycles. The number of hydrogen-bond donors (Lipinski definition) is 0. The average Bonchev–Trinajstić information content (AvgIpc) is 2.96. The Morgan fingerprint density at radius 2 is 2.04 bits per heavy atom. The summed E-state index contributed by atoms with van der Waals surface area (Å²) in [5, 5.41) is 0. The van der Waals surface area contributed by atoms with Crippen molar-refractivity contribution in [2.24, 2.45) is 16.7 Å². The maximum Gasteiger partial charge on any atom is 0.331 e. The van der Waals surface area contributed by atoms with Crippen molar-refractivity contribution in [1.82, 2.24) is 0 Å². The molecule has 0 aromatic heterocycles. The summed E-state index contributed by atoms with van der Waals surface area (Å²) in [6, 6.07) is 0. The Morgan fingerprint density at radius 3 is 2.71 bits per heavy atom. The van der Waals surface area contributed by atoms with E-state index in [4.69, 9.17) is 9.47 Å². The van der Waals surface area contributed by atoms with Crippen LogP contribution in [0.15, 0.2) is 22.8 Å². The van der Waals surface area contributed by atoms with Crippen molar-refractivity contribution in [2.75, 3.05) is 6.61 Å². The molecule has 3 aliphatic heterocycles. The summed E-state index contributed by atoms with van der Waals surface area (Å²) >= 11 is 0. The van der Waals surface area contributed by atoms with Gasteiger partial charge in [0.2, 0.25) is 0 Å². The first-order chi connectivity index (χ1) is 11.3. The lowest BCUT2D eigenvalue weighted by Gasteiger charge is -2.55. The van der Waals surface area contributed by atoms with Gasteiger partial charge < -0.3 is 9.47 Å². The molecule has 2 bridgehead atoms. The minimum Gasteiger partial charge on any atom is -0.458 e. The second-order valence-corrected chi connectivity index (χ2v) is 8.42. The maximum atomic E-state index is 12.4. The monoisotopic (exact) mass is 330 g/mol. The van der Waals surface area contributed by atoms with E-state index in [2.05, 4.69) is 20.8 Å². The average molecular weight is 330 g/mol. The Morgan fingerprint density at radius 1 is 1.25 bits per heavy atom. The first-order valence-corrected chi connectivity index (χ1v) is 9.16. The van der Waals surface area contributed by atoms with Gasteiger partial charge in [-0.3, -0.25) is 4.79 Å². The number of esters is 2. The first kappa shape index (κ1) is 15.9. The van der Waals surface area contributed by atoms with Crippen molar-refractivity contribution in [3.8, 4) is 0 Å². The Kier molecular flexibility index (Phi) is 3.45. The van der Waals surface area contributed by atoms with Crippen LogP contribution in [0.25, 0.3) is 0 Å². The van der Waals surface area contributed by atoms with Gasteiger partial charge in [-0.25, -0.2) is 4.79 Å². The van der Waals surface area contributed by atoms with Crippen LogP contribution in [-0.2, 0) is 19.1 Å². The highest BCUT2D eigenvalue weighted by Gasteiger charge is 2.57. The van der Waals surface area contributed by atoms with Crippen molar-refractivity contribution in [1.29, 1.82) is 0 Å². The van der Waals surface area contributed by atoms with E-state index in [0.29, 0.717) is 12.5 Å². The number of carbonyl (C=O) groups excluding carboxylic acids is 2. The molecular weight excluding hydrogens is 304 g/mol. The molecule has 0 N–H and O–H groups in total. The quantitative estimate of drug-likeness (QED) is 0.585. The molecule has 0 spiro atoms. The summed E-state index contributed by atoms with van der Waals surface area (Å²) in [5.41, 5.74) is 3.48. The summed E-state index contributed by atoms with van der Waals surface area (Å²) < 4.78 is 10.8. The van der Waals surface area contributed by atoms with E-state index in [0.717, 1.165) is 44.1 Å². The molecule has 4 atom stereocenters. The molecule has 0 aromatic carbocycles. The van der Waals surface area contributed by atoms with E-state index < -0.39 is 5.41 Å². The lowest BCUT2D eigenvalue weighted by molar-refractivity contribution is -0.169. The van der Waals surface area contributed by atoms with E-state index >= 15 is 0 Å². The third-order valence-electron chi connectivity index (χ3n) is 7.14. The van der Waals surface area contributed by atoms with Crippen LogP contribution < -0.4 is 0 Å². The Labute approximate surface area is 143 Å². The zero-order valence-corrected chi connectivity index (χ0v) is 14.8. The number of rotatable bonds is 3. The molecule has 5 rings (SSSR count). The number of hydrogen-bond acceptors (Lipinski definition) is 4. The fourth-order valence-electron chi connectivity index (χ4n) is 5.24. The van der Waals surface area contributed by atoms with Crippen molar-refractivity contribution in [3.63, 3.8) is 0 Å². The molecule has 0 aromatic rings. The second-order valence-electron chi connectivity index (χ2n) is 8.42. The largest absolute Gasteiger partial charge is 0.458 e. The van der Waals surface area contributed by atoms with Crippen LogP contribution in [0.1, 0.15) is 59.3 Å². The fraction of sp³-hybridized carbons (Fsp3) is 0.700. The van der Waals surface area contributed by atoms with Gasteiger partial charge in [0.1, 0.15) is 12.7 Å². The standard InChI is InChI=1S/C20H26O4/c1-12-4-5-14-17(15-7-9-20(14,3)18(22)24-15)19(12,2)8-6-13-10-16(21)23-11-13/h10,12,15H,4-9,11H2,1-3H3/t12-,15-,19+,20+/m1/s1. The number of fused-ring (bicyclic) bond motifs is 2. The zero-order chi connectivity index (χ0) is 17.1. The number of cyclic esters (lactones) is 1. The Balaban J connectivity index is 1.68. The minimum absolute atomic E-state index is 0.0214. The summed E-state index contributed by atoms with van der Waals surface area (Å²) in [6.07, 6.45) is 7.50. The molecular formula is C20H26O4. The van der Waals surface area contributed by atoms with Crippen LogP contribution in [0.2, 0.25) is 0 Å².